The molecule has 0 aromatic heterocycles. The van der Waals surface area contributed by atoms with E-state index in [0.29, 0.717) is 27.0 Å². The van der Waals surface area contributed by atoms with Crippen molar-refractivity contribution in [3.63, 3.8) is 0 Å². The molecule has 0 bridgehead atoms. The van der Waals surface area contributed by atoms with Crippen LogP contribution in [0.4, 0.5) is 18.9 Å². The molecule has 0 unspecified atom stereocenters. The number of carbonyl (C=O) groups is 2. The lowest BCUT2D eigenvalue weighted by Crippen LogP contribution is -2.52. The number of alkyl halides is 3. The summed E-state index contributed by atoms with van der Waals surface area (Å²) in [4.78, 5) is 27.7. The predicted molar refractivity (Wildman–Crippen MR) is 152 cm³/mol. The van der Waals surface area contributed by atoms with Crippen molar-refractivity contribution in [2.75, 3.05) is 10.8 Å². The van der Waals surface area contributed by atoms with E-state index < -0.39 is 51.9 Å². The number of nitrogens with zero attached hydrogens (tertiary/aromatic N) is 2. The Morgan fingerprint density at radius 2 is 1.59 bits per heavy atom. The molecular formula is C28H28Cl2F3N3O4S. The minimum absolute atomic E-state index is 0.137. The highest BCUT2D eigenvalue weighted by atomic mass is 35.5. The average molecular weight is 631 g/mol. The van der Waals surface area contributed by atoms with Gasteiger partial charge in [-0.1, -0.05) is 53.5 Å². The summed E-state index contributed by atoms with van der Waals surface area (Å²) in [7, 11) is -4.60. The third-order valence-electron chi connectivity index (χ3n) is 5.99. The number of benzene rings is 3. The molecule has 0 fully saturated rings. The lowest BCUT2D eigenvalue weighted by molar-refractivity contribution is -0.139. The second-order valence-electron chi connectivity index (χ2n) is 9.48. The zero-order valence-electron chi connectivity index (χ0n) is 22.3. The van der Waals surface area contributed by atoms with Crippen LogP contribution in [0.3, 0.4) is 0 Å². The van der Waals surface area contributed by atoms with Gasteiger partial charge >= 0.3 is 6.18 Å². The number of rotatable bonds is 10. The first-order chi connectivity index (χ1) is 19.1. The summed E-state index contributed by atoms with van der Waals surface area (Å²) in [6.45, 7) is 3.85. The van der Waals surface area contributed by atoms with E-state index in [1.54, 1.807) is 44.2 Å². The number of hydrogen-bond donors (Lipinski definition) is 1. The first-order valence-electron chi connectivity index (χ1n) is 12.4. The molecule has 0 aliphatic rings. The van der Waals surface area contributed by atoms with Crippen molar-refractivity contribution >= 4 is 50.7 Å². The zero-order chi connectivity index (χ0) is 30.5. The van der Waals surface area contributed by atoms with Crippen molar-refractivity contribution in [2.45, 2.75) is 50.5 Å². The first kappa shape index (κ1) is 32.2. The van der Waals surface area contributed by atoms with Crippen LogP contribution in [0.1, 0.15) is 31.9 Å². The van der Waals surface area contributed by atoms with E-state index in [1.807, 2.05) is 0 Å². The van der Waals surface area contributed by atoms with Crippen LogP contribution in [-0.2, 0) is 32.3 Å². The van der Waals surface area contributed by atoms with E-state index in [2.05, 4.69) is 5.32 Å². The Morgan fingerprint density at radius 1 is 0.927 bits per heavy atom. The van der Waals surface area contributed by atoms with Gasteiger partial charge in [0.2, 0.25) is 11.8 Å². The van der Waals surface area contributed by atoms with Gasteiger partial charge in [0.25, 0.3) is 10.0 Å². The maximum absolute atomic E-state index is 13.9. The number of halogens is 5. The highest BCUT2D eigenvalue weighted by Gasteiger charge is 2.36. The van der Waals surface area contributed by atoms with Gasteiger partial charge in [0.15, 0.2) is 0 Å². The van der Waals surface area contributed by atoms with Gasteiger partial charge in [-0.15, -0.1) is 0 Å². The molecule has 13 heteroatoms. The Morgan fingerprint density at radius 3 is 2.17 bits per heavy atom. The molecule has 0 aliphatic heterocycles. The molecule has 3 aromatic carbocycles. The number of sulfonamides is 1. The van der Waals surface area contributed by atoms with Crippen molar-refractivity contribution < 1.29 is 31.2 Å². The number of nitrogens with one attached hydrogen (secondary N) is 1. The van der Waals surface area contributed by atoms with E-state index >= 15 is 0 Å². The van der Waals surface area contributed by atoms with E-state index in [0.717, 1.165) is 11.0 Å². The van der Waals surface area contributed by atoms with Gasteiger partial charge in [-0.05, 0) is 68.8 Å². The quantitative estimate of drug-likeness (QED) is 0.291. The van der Waals surface area contributed by atoms with E-state index in [9.17, 15) is 31.2 Å². The zero-order valence-corrected chi connectivity index (χ0v) is 24.7. The molecule has 0 saturated heterocycles. The van der Waals surface area contributed by atoms with Crippen molar-refractivity contribution in [1.29, 1.82) is 0 Å². The summed E-state index contributed by atoms with van der Waals surface area (Å²) in [6, 6.07) is 14.3. The standard InChI is InChI=1S/C28H28Cl2F3N3O4S/c1-18(2)34-27(38)19(3)35(16-20-8-7-9-22(29)14-20)26(37)17-36(41(39,40)23-10-5-4-6-11-23)25-15-21(28(31,32)33)12-13-24(25)30/h4-15,18-19H,16-17H2,1-3H3,(H,34,38)/t19-/m1/s1. The van der Waals surface area contributed by atoms with Crippen LogP contribution < -0.4 is 9.62 Å². The number of hydrogen-bond acceptors (Lipinski definition) is 4. The lowest BCUT2D eigenvalue weighted by Gasteiger charge is -2.32. The fraction of sp³-hybridized carbons (Fsp3) is 0.286. The topological polar surface area (TPSA) is 86.8 Å². The molecule has 2 amide bonds. The number of anilines is 1. The summed E-state index contributed by atoms with van der Waals surface area (Å²) in [5.74, 6) is -1.37. The molecular weight excluding hydrogens is 602 g/mol. The van der Waals surface area contributed by atoms with E-state index in [1.165, 1.54) is 31.2 Å². The highest BCUT2D eigenvalue weighted by Crippen LogP contribution is 2.37. The van der Waals surface area contributed by atoms with Gasteiger partial charge in [-0.2, -0.15) is 13.2 Å². The minimum Gasteiger partial charge on any atom is -0.352 e. The van der Waals surface area contributed by atoms with Gasteiger partial charge in [-0.3, -0.25) is 13.9 Å². The summed E-state index contributed by atoms with van der Waals surface area (Å²) in [5, 5.41) is 2.76. The van der Waals surface area contributed by atoms with Crippen LogP contribution in [-0.4, -0.2) is 43.8 Å². The minimum atomic E-state index is -4.81. The summed E-state index contributed by atoms with van der Waals surface area (Å²) < 4.78 is 68.9. The summed E-state index contributed by atoms with van der Waals surface area (Å²) in [5.41, 5.74) is -1.15. The van der Waals surface area contributed by atoms with Crippen LogP contribution >= 0.6 is 23.2 Å². The van der Waals surface area contributed by atoms with Crippen molar-refractivity contribution in [3.05, 3.63) is 94.0 Å². The van der Waals surface area contributed by atoms with Gasteiger partial charge in [0.05, 0.1) is 21.2 Å². The van der Waals surface area contributed by atoms with Gasteiger partial charge in [0.1, 0.15) is 12.6 Å². The largest absolute Gasteiger partial charge is 0.416 e. The molecule has 3 aromatic rings. The van der Waals surface area contributed by atoms with Gasteiger partial charge in [-0.25, -0.2) is 8.42 Å². The monoisotopic (exact) mass is 629 g/mol. The Balaban J connectivity index is 2.13. The maximum atomic E-state index is 13.9. The molecule has 3 rings (SSSR count). The predicted octanol–water partition coefficient (Wildman–Crippen LogP) is 6.15. The number of carbonyl (C=O) groups excluding carboxylic acids is 2. The Bertz CT molecular complexity index is 1500. The maximum Gasteiger partial charge on any atom is 0.416 e. The fourth-order valence-electron chi connectivity index (χ4n) is 3.93. The molecule has 1 atom stereocenters. The normalized spacial score (nSPS) is 12.6. The van der Waals surface area contributed by atoms with E-state index in [4.69, 9.17) is 23.2 Å². The van der Waals surface area contributed by atoms with Crippen molar-refractivity contribution in [2.24, 2.45) is 0 Å². The van der Waals surface area contributed by atoms with Crippen LogP contribution in [0, 0.1) is 0 Å². The Labute approximate surface area is 246 Å². The van der Waals surface area contributed by atoms with Crippen molar-refractivity contribution in [3.8, 4) is 0 Å². The second kappa shape index (κ2) is 13.1. The third kappa shape index (κ3) is 8.15. The number of amides is 2. The first-order valence-corrected chi connectivity index (χ1v) is 14.6. The SMILES string of the molecule is CC(C)NC(=O)[C@@H](C)N(Cc1cccc(Cl)c1)C(=O)CN(c1cc(C(F)(F)F)ccc1Cl)S(=O)(=O)c1ccccc1. The Hall–Kier alpha value is -3.28. The second-order valence-corrected chi connectivity index (χ2v) is 12.2. The van der Waals surface area contributed by atoms with Crippen LogP contribution in [0.2, 0.25) is 10.0 Å². The summed E-state index contributed by atoms with van der Waals surface area (Å²) >= 11 is 12.3. The lowest BCUT2D eigenvalue weighted by atomic mass is 10.1. The molecule has 0 saturated carbocycles. The fourth-order valence-corrected chi connectivity index (χ4v) is 5.86. The molecule has 0 heterocycles. The molecule has 0 aliphatic carbocycles. The van der Waals surface area contributed by atoms with Crippen LogP contribution in [0.25, 0.3) is 0 Å². The van der Waals surface area contributed by atoms with Gasteiger partial charge < -0.3 is 10.2 Å². The van der Waals surface area contributed by atoms with Crippen LogP contribution in [0.5, 0.6) is 0 Å². The molecule has 0 spiro atoms. The van der Waals surface area contributed by atoms with Crippen LogP contribution in [0.15, 0.2) is 77.7 Å². The highest BCUT2D eigenvalue weighted by molar-refractivity contribution is 7.92. The smallest absolute Gasteiger partial charge is 0.352 e. The molecule has 0 radical (unpaired) electrons. The third-order valence-corrected chi connectivity index (χ3v) is 8.32. The van der Waals surface area contributed by atoms with Crippen molar-refractivity contribution in [1.82, 2.24) is 10.2 Å². The average Bonchev–Trinajstić information content (AvgIpc) is 2.89. The molecule has 41 heavy (non-hydrogen) atoms. The molecule has 220 valence electrons. The molecule has 1 N–H and O–H groups in total. The van der Waals surface area contributed by atoms with E-state index in [-0.39, 0.29) is 22.5 Å². The van der Waals surface area contributed by atoms with Gasteiger partial charge in [0, 0.05) is 17.6 Å². The summed E-state index contributed by atoms with van der Waals surface area (Å²) in [6.07, 6.45) is -4.81. The molecule has 7 nitrogen and oxygen atoms in total. The Kier molecular flexibility index (Phi) is 10.3.